The predicted octanol–water partition coefficient (Wildman–Crippen LogP) is 0.245. The molecule has 0 saturated heterocycles. The predicted molar refractivity (Wildman–Crippen MR) is 53.8 cm³/mol. The number of nitrogens with two attached hydrogens (primary N) is 1. The summed E-state index contributed by atoms with van der Waals surface area (Å²) in [6.45, 7) is 3.92. The summed E-state index contributed by atoms with van der Waals surface area (Å²) in [6, 6.07) is 1.82. The molecule has 1 rings (SSSR count). The minimum atomic E-state index is -0.403. The van der Waals surface area contributed by atoms with Crippen molar-refractivity contribution in [3.63, 3.8) is 0 Å². The van der Waals surface area contributed by atoms with Crippen LogP contribution in [0.1, 0.15) is 18.4 Å². The number of anilines is 1. The van der Waals surface area contributed by atoms with Gasteiger partial charge in [0.15, 0.2) is 0 Å². The van der Waals surface area contributed by atoms with Crippen molar-refractivity contribution < 1.29 is 4.79 Å². The third kappa shape index (κ3) is 3.01. The van der Waals surface area contributed by atoms with E-state index in [4.69, 9.17) is 5.73 Å². The highest BCUT2D eigenvalue weighted by molar-refractivity contribution is 5.78. The summed E-state index contributed by atoms with van der Waals surface area (Å²) in [6.07, 6.45) is 0.842. The molecule has 0 spiro atoms. The van der Waals surface area contributed by atoms with Crippen LogP contribution in [0.4, 0.5) is 5.82 Å². The van der Waals surface area contributed by atoms with Crippen LogP contribution in [0.2, 0.25) is 0 Å². The number of hydrogen-bond donors (Lipinski definition) is 2. The first-order valence-corrected chi connectivity index (χ1v) is 4.48. The summed E-state index contributed by atoms with van der Waals surface area (Å²) >= 11 is 0. The molecule has 1 heterocycles. The van der Waals surface area contributed by atoms with Gasteiger partial charge in [-0.25, -0.2) is 9.97 Å². The Labute approximate surface area is 82.7 Å². The molecule has 3 N–H and O–H groups in total. The van der Waals surface area contributed by atoms with E-state index in [0.29, 0.717) is 11.6 Å². The van der Waals surface area contributed by atoms with Crippen LogP contribution in [-0.2, 0) is 11.2 Å². The smallest absolute Gasteiger partial charge is 0.236 e. The Bertz CT molecular complexity index is 338. The van der Waals surface area contributed by atoms with Crippen molar-refractivity contribution in [3.05, 3.63) is 17.6 Å². The quantitative estimate of drug-likeness (QED) is 0.719. The standard InChI is InChI=1S/C9H14N4O/c1-3-7-4-9(11-5-8(10)14)13-6(2)12-7/h4H,3,5H2,1-2H3,(H2,10,14)(H,11,12,13). The first-order valence-electron chi connectivity index (χ1n) is 4.48. The first kappa shape index (κ1) is 10.4. The first-order chi connectivity index (χ1) is 6.61. The van der Waals surface area contributed by atoms with Crippen LogP contribution in [0.3, 0.4) is 0 Å². The van der Waals surface area contributed by atoms with E-state index < -0.39 is 5.91 Å². The lowest BCUT2D eigenvalue weighted by molar-refractivity contribution is -0.116. The fraction of sp³-hybridized carbons (Fsp3) is 0.444. The molecule has 0 radical (unpaired) electrons. The van der Waals surface area contributed by atoms with Gasteiger partial charge in [-0.1, -0.05) is 6.92 Å². The Hall–Kier alpha value is -1.65. The molecule has 0 fully saturated rings. The number of aryl methyl sites for hydroxylation is 2. The molecule has 0 aromatic carbocycles. The number of carbonyl (C=O) groups excluding carboxylic acids is 1. The summed E-state index contributed by atoms with van der Waals surface area (Å²) in [7, 11) is 0. The zero-order valence-corrected chi connectivity index (χ0v) is 8.37. The monoisotopic (exact) mass is 194 g/mol. The molecule has 0 bridgehead atoms. The molecule has 1 amide bonds. The van der Waals surface area contributed by atoms with Crippen molar-refractivity contribution in [2.24, 2.45) is 5.73 Å². The summed E-state index contributed by atoms with van der Waals surface area (Å²) in [5, 5.41) is 2.83. The SMILES string of the molecule is CCc1cc(NCC(N)=O)nc(C)n1. The highest BCUT2D eigenvalue weighted by Crippen LogP contribution is 2.06. The second-order valence-electron chi connectivity index (χ2n) is 2.97. The fourth-order valence-corrected chi connectivity index (χ4v) is 1.08. The van der Waals surface area contributed by atoms with E-state index in [-0.39, 0.29) is 6.54 Å². The van der Waals surface area contributed by atoms with E-state index in [1.165, 1.54) is 0 Å². The molecular formula is C9H14N4O. The topological polar surface area (TPSA) is 80.9 Å². The minimum Gasteiger partial charge on any atom is -0.368 e. The molecule has 0 saturated carbocycles. The number of amides is 1. The van der Waals surface area contributed by atoms with Crippen molar-refractivity contribution in [2.75, 3.05) is 11.9 Å². The maximum absolute atomic E-state index is 10.5. The van der Waals surface area contributed by atoms with E-state index in [1.54, 1.807) is 0 Å². The van der Waals surface area contributed by atoms with E-state index in [9.17, 15) is 4.79 Å². The molecule has 1 aromatic rings. The van der Waals surface area contributed by atoms with Gasteiger partial charge in [0.2, 0.25) is 5.91 Å². The maximum atomic E-state index is 10.5. The third-order valence-electron chi connectivity index (χ3n) is 1.70. The number of hydrogen-bond acceptors (Lipinski definition) is 4. The molecule has 14 heavy (non-hydrogen) atoms. The van der Waals surface area contributed by atoms with Gasteiger partial charge in [-0.2, -0.15) is 0 Å². The minimum absolute atomic E-state index is 0.0968. The van der Waals surface area contributed by atoms with Gasteiger partial charge >= 0.3 is 0 Å². The highest BCUT2D eigenvalue weighted by Gasteiger charge is 2.00. The van der Waals surface area contributed by atoms with Crippen LogP contribution in [-0.4, -0.2) is 22.4 Å². The molecule has 1 aromatic heterocycles. The molecule has 0 aliphatic rings. The number of nitrogens with zero attached hydrogens (tertiary/aromatic N) is 2. The molecule has 76 valence electrons. The number of nitrogens with one attached hydrogen (secondary N) is 1. The summed E-state index contributed by atoms with van der Waals surface area (Å²) in [5.41, 5.74) is 5.95. The number of primary amides is 1. The Balaban J connectivity index is 2.76. The molecule has 0 atom stereocenters. The average Bonchev–Trinajstić information content (AvgIpc) is 2.14. The van der Waals surface area contributed by atoms with Crippen molar-refractivity contribution in [1.29, 1.82) is 0 Å². The Morgan fingerprint density at radius 1 is 1.57 bits per heavy atom. The third-order valence-corrected chi connectivity index (χ3v) is 1.70. The van der Waals surface area contributed by atoms with Gasteiger partial charge in [0.25, 0.3) is 0 Å². The van der Waals surface area contributed by atoms with Gasteiger partial charge in [0.05, 0.1) is 6.54 Å². The second kappa shape index (κ2) is 4.55. The fourth-order valence-electron chi connectivity index (χ4n) is 1.08. The van der Waals surface area contributed by atoms with Gasteiger partial charge in [0.1, 0.15) is 11.6 Å². The Kier molecular flexibility index (Phi) is 3.39. The lowest BCUT2D eigenvalue weighted by Gasteiger charge is -2.05. The second-order valence-corrected chi connectivity index (χ2v) is 2.97. The normalized spacial score (nSPS) is 9.86. The van der Waals surface area contributed by atoms with E-state index in [0.717, 1.165) is 12.1 Å². The van der Waals surface area contributed by atoms with Gasteiger partial charge in [-0.05, 0) is 13.3 Å². The highest BCUT2D eigenvalue weighted by atomic mass is 16.1. The van der Waals surface area contributed by atoms with Gasteiger partial charge in [0, 0.05) is 11.8 Å². The van der Waals surface area contributed by atoms with Gasteiger partial charge in [-0.15, -0.1) is 0 Å². The van der Waals surface area contributed by atoms with E-state index in [1.807, 2.05) is 19.9 Å². The largest absolute Gasteiger partial charge is 0.368 e. The van der Waals surface area contributed by atoms with E-state index >= 15 is 0 Å². The maximum Gasteiger partial charge on any atom is 0.236 e. The zero-order chi connectivity index (χ0) is 10.6. The molecule has 0 aliphatic carbocycles. The van der Waals surface area contributed by atoms with Crippen LogP contribution in [0.25, 0.3) is 0 Å². The Morgan fingerprint density at radius 3 is 2.86 bits per heavy atom. The van der Waals surface area contributed by atoms with Crippen molar-refractivity contribution in [1.82, 2.24) is 9.97 Å². The number of carbonyl (C=O) groups is 1. The van der Waals surface area contributed by atoms with Crippen molar-refractivity contribution in [2.45, 2.75) is 20.3 Å². The van der Waals surface area contributed by atoms with Crippen molar-refractivity contribution >= 4 is 11.7 Å². The van der Waals surface area contributed by atoms with Crippen LogP contribution in [0.5, 0.6) is 0 Å². The molecular weight excluding hydrogens is 180 g/mol. The molecule has 0 unspecified atom stereocenters. The molecule has 0 aliphatic heterocycles. The summed E-state index contributed by atoms with van der Waals surface area (Å²) in [4.78, 5) is 18.9. The van der Waals surface area contributed by atoms with Crippen LogP contribution < -0.4 is 11.1 Å². The van der Waals surface area contributed by atoms with Crippen LogP contribution >= 0.6 is 0 Å². The van der Waals surface area contributed by atoms with Crippen LogP contribution in [0.15, 0.2) is 6.07 Å². The van der Waals surface area contributed by atoms with Gasteiger partial charge < -0.3 is 11.1 Å². The van der Waals surface area contributed by atoms with Crippen LogP contribution in [0, 0.1) is 6.92 Å². The zero-order valence-electron chi connectivity index (χ0n) is 8.37. The van der Waals surface area contributed by atoms with Gasteiger partial charge in [-0.3, -0.25) is 4.79 Å². The Morgan fingerprint density at radius 2 is 2.29 bits per heavy atom. The lowest BCUT2D eigenvalue weighted by atomic mass is 10.3. The molecule has 5 nitrogen and oxygen atoms in total. The summed E-state index contributed by atoms with van der Waals surface area (Å²) in [5.74, 6) is 0.934. The number of rotatable bonds is 4. The molecule has 5 heteroatoms. The average molecular weight is 194 g/mol. The number of aromatic nitrogens is 2. The lowest BCUT2D eigenvalue weighted by Crippen LogP contribution is -2.22. The summed E-state index contributed by atoms with van der Waals surface area (Å²) < 4.78 is 0. The van der Waals surface area contributed by atoms with Crippen molar-refractivity contribution in [3.8, 4) is 0 Å². The van der Waals surface area contributed by atoms with E-state index in [2.05, 4.69) is 15.3 Å².